The van der Waals surface area contributed by atoms with Crippen molar-refractivity contribution in [2.75, 3.05) is 33.7 Å². The van der Waals surface area contributed by atoms with Crippen LogP contribution in [0.1, 0.15) is 34.1 Å². The van der Waals surface area contributed by atoms with Crippen LogP contribution < -0.4 is 5.73 Å². The van der Waals surface area contributed by atoms with Gasteiger partial charge in [-0.15, -0.1) is 0 Å². The average Bonchev–Trinajstić information content (AvgIpc) is 2.30. The fourth-order valence-corrected chi connectivity index (χ4v) is 1.76. The summed E-state index contributed by atoms with van der Waals surface area (Å²) in [6.45, 7) is 10.8. The minimum atomic E-state index is -0.365. The molecule has 4 heteroatoms. The zero-order valence-corrected chi connectivity index (χ0v) is 12.9. The van der Waals surface area contributed by atoms with Gasteiger partial charge in [-0.25, -0.2) is 0 Å². The Kier molecular flexibility index (Phi) is 8.20. The molecular formula is C14H31N3O. The number of nitrogens with two attached hydrogens (primary N) is 1. The Hall–Kier alpha value is -0.610. The van der Waals surface area contributed by atoms with Crippen molar-refractivity contribution in [3.8, 4) is 0 Å². The Morgan fingerprint density at radius 3 is 2.11 bits per heavy atom. The van der Waals surface area contributed by atoms with Crippen molar-refractivity contribution in [1.82, 2.24) is 9.80 Å². The van der Waals surface area contributed by atoms with E-state index in [1.165, 1.54) is 0 Å². The molecule has 0 aromatic rings. The molecule has 0 aliphatic carbocycles. The van der Waals surface area contributed by atoms with E-state index in [-0.39, 0.29) is 17.9 Å². The van der Waals surface area contributed by atoms with E-state index >= 15 is 0 Å². The summed E-state index contributed by atoms with van der Waals surface area (Å²) in [5.41, 5.74) is 6.05. The molecule has 0 rings (SSSR count). The minimum Gasteiger partial charge on any atom is -0.340 e. The normalized spacial score (nSPS) is 14.9. The van der Waals surface area contributed by atoms with Gasteiger partial charge < -0.3 is 15.5 Å². The SMILES string of the molecule is CC[C@H](C)[C@H](N)C(=O)N(CCN(C)C)CC(C)C. The molecule has 2 N–H and O–H groups in total. The van der Waals surface area contributed by atoms with Crippen LogP contribution in [0.4, 0.5) is 0 Å². The monoisotopic (exact) mass is 257 g/mol. The Morgan fingerprint density at radius 1 is 1.17 bits per heavy atom. The molecule has 0 aliphatic rings. The first kappa shape index (κ1) is 17.4. The van der Waals surface area contributed by atoms with Crippen LogP contribution in [-0.4, -0.2) is 55.5 Å². The number of nitrogens with zero attached hydrogens (tertiary/aromatic N) is 2. The van der Waals surface area contributed by atoms with E-state index in [9.17, 15) is 4.79 Å². The molecule has 0 bridgehead atoms. The van der Waals surface area contributed by atoms with Crippen LogP contribution >= 0.6 is 0 Å². The van der Waals surface area contributed by atoms with E-state index in [1.807, 2.05) is 25.9 Å². The summed E-state index contributed by atoms with van der Waals surface area (Å²) < 4.78 is 0. The van der Waals surface area contributed by atoms with Crippen molar-refractivity contribution >= 4 is 5.91 Å². The summed E-state index contributed by atoms with van der Waals surface area (Å²) in [6.07, 6.45) is 0.941. The molecule has 4 nitrogen and oxygen atoms in total. The van der Waals surface area contributed by atoms with Crippen molar-refractivity contribution in [2.24, 2.45) is 17.6 Å². The highest BCUT2D eigenvalue weighted by molar-refractivity contribution is 5.82. The molecule has 0 aromatic heterocycles. The molecule has 0 fully saturated rings. The van der Waals surface area contributed by atoms with Crippen molar-refractivity contribution in [3.05, 3.63) is 0 Å². The summed E-state index contributed by atoms with van der Waals surface area (Å²) in [6, 6.07) is -0.365. The molecule has 1 amide bonds. The second-order valence-electron chi connectivity index (χ2n) is 5.89. The molecule has 0 heterocycles. The van der Waals surface area contributed by atoms with Gasteiger partial charge in [0.05, 0.1) is 6.04 Å². The molecule has 2 atom stereocenters. The molecule has 0 saturated heterocycles. The number of rotatable bonds is 8. The lowest BCUT2D eigenvalue weighted by Crippen LogP contribution is -2.49. The molecule has 0 aliphatic heterocycles. The zero-order valence-electron chi connectivity index (χ0n) is 12.9. The lowest BCUT2D eigenvalue weighted by Gasteiger charge is -2.30. The summed E-state index contributed by atoms with van der Waals surface area (Å²) >= 11 is 0. The highest BCUT2D eigenvalue weighted by Gasteiger charge is 2.25. The Bertz CT molecular complexity index is 241. The van der Waals surface area contributed by atoms with E-state index in [0.29, 0.717) is 5.92 Å². The molecule has 108 valence electrons. The van der Waals surface area contributed by atoms with Crippen LogP contribution in [-0.2, 0) is 4.79 Å². The van der Waals surface area contributed by atoms with Gasteiger partial charge in [-0.1, -0.05) is 34.1 Å². The van der Waals surface area contributed by atoms with Gasteiger partial charge in [-0.05, 0) is 25.9 Å². The van der Waals surface area contributed by atoms with E-state index in [2.05, 4.69) is 25.7 Å². The number of amides is 1. The highest BCUT2D eigenvalue weighted by atomic mass is 16.2. The first-order valence-electron chi connectivity index (χ1n) is 6.98. The van der Waals surface area contributed by atoms with E-state index < -0.39 is 0 Å². The molecule has 0 aromatic carbocycles. The lowest BCUT2D eigenvalue weighted by molar-refractivity contribution is -0.134. The maximum absolute atomic E-state index is 12.4. The average molecular weight is 257 g/mol. The predicted molar refractivity (Wildman–Crippen MR) is 77.4 cm³/mol. The lowest BCUT2D eigenvalue weighted by atomic mass is 9.98. The van der Waals surface area contributed by atoms with Gasteiger partial charge in [0.1, 0.15) is 0 Å². The van der Waals surface area contributed by atoms with Crippen molar-refractivity contribution in [1.29, 1.82) is 0 Å². The van der Waals surface area contributed by atoms with Crippen LogP contribution in [0.25, 0.3) is 0 Å². The Balaban J connectivity index is 4.57. The van der Waals surface area contributed by atoms with Gasteiger partial charge in [0.2, 0.25) is 5.91 Å². The third-order valence-electron chi connectivity index (χ3n) is 3.26. The van der Waals surface area contributed by atoms with Crippen LogP contribution in [0.5, 0.6) is 0 Å². The first-order chi connectivity index (χ1) is 8.29. The Morgan fingerprint density at radius 2 is 1.72 bits per heavy atom. The van der Waals surface area contributed by atoms with Crippen molar-refractivity contribution in [3.63, 3.8) is 0 Å². The molecule has 0 unspecified atom stereocenters. The Labute approximate surface area is 113 Å². The molecular weight excluding hydrogens is 226 g/mol. The van der Waals surface area contributed by atoms with Crippen LogP contribution in [0.15, 0.2) is 0 Å². The number of hydrogen-bond acceptors (Lipinski definition) is 3. The fraction of sp³-hybridized carbons (Fsp3) is 0.929. The van der Waals surface area contributed by atoms with Crippen molar-refractivity contribution in [2.45, 2.75) is 40.2 Å². The van der Waals surface area contributed by atoms with Crippen molar-refractivity contribution < 1.29 is 4.79 Å². The van der Waals surface area contributed by atoms with Gasteiger partial charge >= 0.3 is 0 Å². The zero-order chi connectivity index (χ0) is 14.3. The first-order valence-corrected chi connectivity index (χ1v) is 6.98. The molecule has 0 saturated carbocycles. The van der Waals surface area contributed by atoms with Gasteiger partial charge in [0.15, 0.2) is 0 Å². The second kappa shape index (κ2) is 8.48. The summed E-state index contributed by atoms with van der Waals surface area (Å²) in [5, 5.41) is 0. The van der Waals surface area contributed by atoms with Gasteiger partial charge in [-0.3, -0.25) is 4.79 Å². The predicted octanol–water partition coefficient (Wildman–Crippen LogP) is 1.41. The van der Waals surface area contributed by atoms with Gasteiger partial charge in [0.25, 0.3) is 0 Å². The van der Waals surface area contributed by atoms with E-state index in [0.717, 1.165) is 26.1 Å². The summed E-state index contributed by atoms with van der Waals surface area (Å²) in [7, 11) is 4.04. The van der Waals surface area contributed by atoms with Crippen LogP contribution in [0, 0.1) is 11.8 Å². The quantitative estimate of drug-likeness (QED) is 0.715. The van der Waals surface area contributed by atoms with Crippen LogP contribution in [0.2, 0.25) is 0 Å². The maximum Gasteiger partial charge on any atom is 0.239 e. The van der Waals surface area contributed by atoms with Gasteiger partial charge in [0, 0.05) is 19.6 Å². The minimum absolute atomic E-state index is 0.0971. The second-order valence-corrected chi connectivity index (χ2v) is 5.89. The molecule has 18 heavy (non-hydrogen) atoms. The third kappa shape index (κ3) is 6.36. The van der Waals surface area contributed by atoms with Gasteiger partial charge in [-0.2, -0.15) is 0 Å². The summed E-state index contributed by atoms with van der Waals surface area (Å²) in [5.74, 6) is 0.812. The van der Waals surface area contributed by atoms with E-state index in [4.69, 9.17) is 5.73 Å². The summed E-state index contributed by atoms with van der Waals surface area (Å²) in [4.78, 5) is 16.4. The van der Waals surface area contributed by atoms with Crippen LogP contribution in [0.3, 0.4) is 0 Å². The fourth-order valence-electron chi connectivity index (χ4n) is 1.76. The number of carbonyl (C=O) groups excluding carboxylic acids is 1. The highest BCUT2D eigenvalue weighted by Crippen LogP contribution is 2.10. The standard InChI is InChI=1S/C14H31N3O/c1-7-12(4)13(15)14(18)17(10-11(2)3)9-8-16(5)6/h11-13H,7-10,15H2,1-6H3/t12-,13-/m0/s1. The number of likely N-dealkylation sites (N-methyl/N-ethyl adjacent to an activating group) is 1. The molecule has 0 spiro atoms. The topological polar surface area (TPSA) is 49.6 Å². The molecule has 0 radical (unpaired) electrons. The smallest absolute Gasteiger partial charge is 0.239 e. The largest absolute Gasteiger partial charge is 0.340 e. The third-order valence-corrected chi connectivity index (χ3v) is 3.26. The van der Waals surface area contributed by atoms with E-state index in [1.54, 1.807) is 0 Å². The number of carbonyl (C=O) groups is 1. The number of hydrogen-bond donors (Lipinski definition) is 1. The maximum atomic E-state index is 12.4.